The number of nitrogens with one attached hydrogen (secondary N) is 1. The van der Waals surface area contributed by atoms with Crippen molar-refractivity contribution in [1.29, 1.82) is 0 Å². The van der Waals surface area contributed by atoms with Crippen LogP contribution in [0.4, 0.5) is 13.2 Å². The van der Waals surface area contributed by atoms with Crippen molar-refractivity contribution in [2.24, 2.45) is 0 Å². The molecule has 9 heteroatoms. The van der Waals surface area contributed by atoms with Crippen molar-refractivity contribution >= 4 is 25.6 Å². The van der Waals surface area contributed by atoms with E-state index in [4.69, 9.17) is 10.7 Å². The smallest absolute Gasteiger partial charge is 0.337 e. The van der Waals surface area contributed by atoms with Crippen LogP contribution in [0.25, 0.3) is 0 Å². The highest BCUT2D eigenvalue weighted by atomic mass is 35.7. The maximum atomic E-state index is 13.3. The Morgan fingerprint density at radius 1 is 1.00 bits per heavy atom. The Balaban J connectivity index is 2.40. The first kappa shape index (κ1) is 18.3. The molecule has 1 N–H and O–H groups in total. The van der Waals surface area contributed by atoms with Gasteiger partial charge in [-0.3, -0.25) is 4.79 Å². The molecule has 1 unspecified atom stereocenters. The van der Waals surface area contributed by atoms with Crippen LogP contribution in [0.3, 0.4) is 0 Å². The van der Waals surface area contributed by atoms with Crippen LogP contribution in [0.15, 0.2) is 59.5 Å². The normalized spacial score (nSPS) is 13.3. The van der Waals surface area contributed by atoms with Crippen LogP contribution in [-0.2, 0) is 9.05 Å². The molecule has 2 rings (SSSR count). The van der Waals surface area contributed by atoms with Crippen molar-refractivity contribution in [3.05, 3.63) is 65.7 Å². The van der Waals surface area contributed by atoms with Crippen molar-refractivity contribution in [2.75, 3.05) is 0 Å². The van der Waals surface area contributed by atoms with E-state index < -0.39 is 37.6 Å². The molecule has 0 spiro atoms. The van der Waals surface area contributed by atoms with Gasteiger partial charge in [-0.15, -0.1) is 0 Å². The fourth-order valence-electron chi connectivity index (χ4n) is 2.08. The van der Waals surface area contributed by atoms with Gasteiger partial charge in [-0.05, 0) is 17.7 Å². The first-order valence-corrected chi connectivity index (χ1v) is 8.88. The maximum absolute atomic E-state index is 13.3. The lowest BCUT2D eigenvalue weighted by molar-refractivity contribution is -0.155. The Kier molecular flexibility index (Phi) is 5.19. The highest BCUT2D eigenvalue weighted by Crippen LogP contribution is 2.33. The third-order valence-corrected chi connectivity index (χ3v) is 4.51. The molecule has 2 aromatic carbocycles. The molecule has 128 valence electrons. The summed E-state index contributed by atoms with van der Waals surface area (Å²) in [5.41, 5.74) is -0.637. The lowest BCUT2D eigenvalue weighted by atomic mass is 10.1. The molecule has 0 heterocycles. The molecule has 0 aliphatic rings. The van der Waals surface area contributed by atoms with E-state index in [0.29, 0.717) is 0 Å². The van der Waals surface area contributed by atoms with E-state index in [0.717, 1.165) is 12.1 Å². The Morgan fingerprint density at radius 3 is 2.08 bits per heavy atom. The van der Waals surface area contributed by atoms with Crippen molar-refractivity contribution in [3.63, 3.8) is 0 Å². The van der Waals surface area contributed by atoms with E-state index in [2.05, 4.69) is 0 Å². The summed E-state index contributed by atoms with van der Waals surface area (Å²) in [6.07, 6.45) is -4.76. The molecule has 0 aliphatic heterocycles. The molecule has 2 aromatic rings. The number of halogens is 4. The molecule has 1 amide bonds. The van der Waals surface area contributed by atoms with E-state index in [1.165, 1.54) is 42.5 Å². The Labute approximate surface area is 140 Å². The van der Waals surface area contributed by atoms with Crippen LogP contribution in [0, 0.1) is 0 Å². The molecule has 24 heavy (non-hydrogen) atoms. The zero-order valence-corrected chi connectivity index (χ0v) is 13.5. The minimum Gasteiger partial charge on any atom is -0.337 e. The maximum Gasteiger partial charge on any atom is 0.412 e. The van der Waals surface area contributed by atoms with Gasteiger partial charge in [0.05, 0.1) is 10.5 Å². The number of rotatable bonds is 4. The summed E-state index contributed by atoms with van der Waals surface area (Å²) >= 11 is 0. The summed E-state index contributed by atoms with van der Waals surface area (Å²) in [4.78, 5) is 11.7. The van der Waals surface area contributed by atoms with Crippen LogP contribution in [0.2, 0.25) is 0 Å². The average molecular weight is 378 g/mol. The highest BCUT2D eigenvalue weighted by molar-refractivity contribution is 8.13. The molecule has 0 bridgehead atoms. The topological polar surface area (TPSA) is 63.2 Å². The minimum absolute atomic E-state index is 0.176. The number of hydrogen-bond acceptors (Lipinski definition) is 3. The predicted molar refractivity (Wildman–Crippen MR) is 82.2 cm³/mol. The molecule has 1 atom stereocenters. The van der Waals surface area contributed by atoms with E-state index in [1.807, 2.05) is 5.32 Å². The molecule has 0 fully saturated rings. The first-order chi connectivity index (χ1) is 11.1. The molecule has 0 aliphatic carbocycles. The summed E-state index contributed by atoms with van der Waals surface area (Å²) < 4.78 is 62.7. The highest BCUT2D eigenvalue weighted by Gasteiger charge is 2.42. The SMILES string of the molecule is O=C(NC(c1ccccc1)C(F)(F)F)c1ccccc1S(=O)(=O)Cl. The molecule has 0 aromatic heterocycles. The average Bonchev–Trinajstić information content (AvgIpc) is 2.51. The van der Waals surface area contributed by atoms with Crippen molar-refractivity contribution < 1.29 is 26.4 Å². The quantitative estimate of drug-likeness (QED) is 0.827. The van der Waals surface area contributed by atoms with Crippen molar-refractivity contribution in [3.8, 4) is 0 Å². The second kappa shape index (κ2) is 6.82. The van der Waals surface area contributed by atoms with Gasteiger partial charge in [0, 0.05) is 10.7 Å². The van der Waals surface area contributed by atoms with E-state index in [-0.39, 0.29) is 5.56 Å². The van der Waals surface area contributed by atoms with Crippen molar-refractivity contribution in [2.45, 2.75) is 17.1 Å². The Bertz CT molecular complexity index is 839. The lowest BCUT2D eigenvalue weighted by Gasteiger charge is -2.22. The van der Waals surface area contributed by atoms with Crippen LogP contribution in [0.5, 0.6) is 0 Å². The second-order valence-electron chi connectivity index (χ2n) is 4.79. The van der Waals surface area contributed by atoms with Crippen LogP contribution in [0.1, 0.15) is 22.0 Å². The fraction of sp³-hybridized carbons (Fsp3) is 0.133. The van der Waals surface area contributed by atoms with Gasteiger partial charge < -0.3 is 5.32 Å². The van der Waals surface area contributed by atoms with E-state index in [1.54, 1.807) is 0 Å². The number of carbonyl (C=O) groups excluding carboxylic acids is 1. The summed E-state index contributed by atoms with van der Waals surface area (Å²) in [6.45, 7) is 0. The number of amides is 1. The summed E-state index contributed by atoms with van der Waals surface area (Å²) in [5.74, 6) is -1.19. The summed E-state index contributed by atoms with van der Waals surface area (Å²) in [5, 5.41) is 1.82. The number of benzene rings is 2. The summed E-state index contributed by atoms with van der Waals surface area (Å²) in [7, 11) is 0.937. The largest absolute Gasteiger partial charge is 0.412 e. The van der Waals surface area contributed by atoms with E-state index in [9.17, 15) is 26.4 Å². The molecular formula is C15H11ClF3NO3S. The van der Waals surface area contributed by atoms with Crippen molar-refractivity contribution in [1.82, 2.24) is 5.32 Å². The third-order valence-electron chi connectivity index (χ3n) is 3.13. The van der Waals surface area contributed by atoms with Crippen LogP contribution < -0.4 is 5.32 Å². The van der Waals surface area contributed by atoms with Gasteiger partial charge in [0.1, 0.15) is 0 Å². The Morgan fingerprint density at radius 2 is 1.54 bits per heavy atom. The minimum atomic E-state index is -4.76. The molecule has 0 saturated heterocycles. The summed E-state index contributed by atoms with van der Waals surface area (Å²) in [6, 6.07) is 9.24. The number of carbonyl (C=O) groups is 1. The molecule has 0 radical (unpaired) electrons. The van der Waals surface area contributed by atoms with Gasteiger partial charge in [0.25, 0.3) is 15.0 Å². The van der Waals surface area contributed by atoms with Gasteiger partial charge in [0.2, 0.25) is 0 Å². The van der Waals surface area contributed by atoms with Gasteiger partial charge in [-0.1, -0.05) is 42.5 Å². The fourth-order valence-corrected chi connectivity index (χ4v) is 3.14. The van der Waals surface area contributed by atoms with Gasteiger partial charge in [0.15, 0.2) is 6.04 Å². The first-order valence-electron chi connectivity index (χ1n) is 6.57. The molecule has 4 nitrogen and oxygen atoms in total. The molecular weight excluding hydrogens is 367 g/mol. The molecule has 0 saturated carbocycles. The second-order valence-corrected chi connectivity index (χ2v) is 7.33. The Hall–Kier alpha value is -2.06. The van der Waals surface area contributed by atoms with Gasteiger partial charge >= 0.3 is 6.18 Å². The van der Waals surface area contributed by atoms with Crippen LogP contribution in [-0.4, -0.2) is 20.5 Å². The van der Waals surface area contributed by atoms with Crippen LogP contribution >= 0.6 is 10.7 Å². The zero-order chi connectivity index (χ0) is 18.0. The lowest BCUT2D eigenvalue weighted by Crippen LogP contribution is -2.38. The predicted octanol–water partition coefficient (Wildman–Crippen LogP) is 3.65. The standard InChI is InChI=1S/C15H11ClF3NO3S/c16-24(22,23)12-9-5-4-8-11(12)14(21)20-13(15(17,18)19)10-6-2-1-3-7-10/h1-9,13H,(H,20,21). The number of alkyl halides is 3. The van der Waals surface area contributed by atoms with Gasteiger partial charge in [-0.2, -0.15) is 13.2 Å². The van der Waals surface area contributed by atoms with Gasteiger partial charge in [-0.25, -0.2) is 8.42 Å². The van der Waals surface area contributed by atoms with E-state index >= 15 is 0 Å². The monoisotopic (exact) mass is 377 g/mol. The third kappa shape index (κ3) is 4.27. The number of hydrogen-bond donors (Lipinski definition) is 1. The zero-order valence-electron chi connectivity index (χ0n) is 11.9.